The van der Waals surface area contributed by atoms with Crippen LogP contribution in [0.3, 0.4) is 0 Å². The second-order valence-corrected chi connectivity index (χ2v) is 5.89. The fraction of sp³-hybridized carbons (Fsp3) is 0.647. The molecule has 0 amide bonds. The molecule has 116 valence electrons. The average molecular weight is 292 g/mol. The van der Waals surface area contributed by atoms with Gasteiger partial charge < -0.3 is 9.47 Å². The Kier molecular flexibility index (Phi) is 4.55. The van der Waals surface area contributed by atoms with Crippen LogP contribution in [0.2, 0.25) is 0 Å². The largest absolute Gasteiger partial charge is 0.465 e. The van der Waals surface area contributed by atoms with E-state index in [9.17, 15) is 9.59 Å². The molecule has 2 aliphatic carbocycles. The maximum Gasteiger partial charge on any atom is 0.323 e. The molecule has 0 unspecified atom stereocenters. The second-order valence-electron chi connectivity index (χ2n) is 5.89. The first-order valence-electron chi connectivity index (χ1n) is 7.68. The van der Waals surface area contributed by atoms with E-state index in [1.54, 1.807) is 13.8 Å². The summed E-state index contributed by atoms with van der Waals surface area (Å²) in [5.41, 5.74) is 1.30. The van der Waals surface area contributed by atoms with Crippen LogP contribution in [0.15, 0.2) is 23.3 Å². The lowest BCUT2D eigenvalue weighted by atomic mass is 9.85. The Morgan fingerprint density at radius 2 is 1.76 bits per heavy atom. The van der Waals surface area contributed by atoms with Crippen molar-refractivity contribution in [3.8, 4) is 0 Å². The SMILES string of the molecule is CCOC(=O)C1(C(=O)OCC)CC2=C(C)[C@H](C)C=C[C@@H]2C1. The van der Waals surface area contributed by atoms with Crippen LogP contribution < -0.4 is 0 Å². The number of allylic oxidation sites excluding steroid dienone is 4. The van der Waals surface area contributed by atoms with Gasteiger partial charge in [0.2, 0.25) is 0 Å². The second kappa shape index (κ2) is 6.04. The number of hydrogen-bond acceptors (Lipinski definition) is 4. The summed E-state index contributed by atoms with van der Waals surface area (Å²) >= 11 is 0. The van der Waals surface area contributed by atoms with E-state index in [-0.39, 0.29) is 19.1 Å². The number of carbonyl (C=O) groups excluding carboxylic acids is 2. The van der Waals surface area contributed by atoms with Crippen LogP contribution in [0, 0.1) is 17.3 Å². The molecule has 0 aliphatic heterocycles. The third kappa shape index (κ3) is 2.63. The highest BCUT2D eigenvalue weighted by molar-refractivity contribution is 6.01. The first kappa shape index (κ1) is 15.8. The van der Waals surface area contributed by atoms with Gasteiger partial charge >= 0.3 is 11.9 Å². The molecule has 2 aliphatic rings. The highest BCUT2D eigenvalue weighted by Crippen LogP contribution is 2.51. The van der Waals surface area contributed by atoms with E-state index >= 15 is 0 Å². The third-order valence-corrected chi connectivity index (χ3v) is 4.66. The Morgan fingerprint density at radius 1 is 1.19 bits per heavy atom. The van der Waals surface area contributed by atoms with Crippen molar-refractivity contribution >= 4 is 11.9 Å². The van der Waals surface area contributed by atoms with Gasteiger partial charge in [0.15, 0.2) is 5.41 Å². The van der Waals surface area contributed by atoms with Crippen molar-refractivity contribution in [3.05, 3.63) is 23.3 Å². The summed E-state index contributed by atoms with van der Waals surface area (Å²) in [6, 6.07) is 0. The van der Waals surface area contributed by atoms with Crippen molar-refractivity contribution in [2.45, 2.75) is 40.5 Å². The van der Waals surface area contributed by atoms with E-state index in [0.717, 1.165) is 0 Å². The molecule has 0 aromatic carbocycles. The topological polar surface area (TPSA) is 52.6 Å². The van der Waals surface area contributed by atoms with Crippen LogP contribution in [-0.4, -0.2) is 25.2 Å². The summed E-state index contributed by atoms with van der Waals surface area (Å²) in [5.74, 6) is -0.384. The van der Waals surface area contributed by atoms with Crippen molar-refractivity contribution in [1.82, 2.24) is 0 Å². The molecule has 4 heteroatoms. The third-order valence-electron chi connectivity index (χ3n) is 4.66. The number of carbonyl (C=O) groups is 2. The minimum Gasteiger partial charge on any atom is -0.465 e. The summed E-state index contributed by atoms with van der Waals surface area (Å²) in [6.07, 6.45) is 5.15. The Hall–Kier alpha value is -1.58. The van der Waals surface area contributed by atoms with Crippen molar-refractivity contribution in [3.63, 3.8) is 0 Å². The van der Waals surface area contributed by atoms with Gasteiger partial charge in [-0.3, -0.25) is 9.59 Å². The Labute approximate surface area is 126 Å². The summed E-state index contributed by atoms with van der Waals surface area (Å²) in [4.78, 5) is 24.9. The van der Waals surface area contributed by atoms with E-state index < -0.39 is 17.4 Å². The van der Waals surface area contributed by atoms with Crippen molar-refractivity contribution in [1.29, 1.82) is 0 Å². The fourth-order valence-electron chi connectivity index (χ4n) is 3.31. The van der Waals surface area contributed by atoms with E-state index in [4.69, 9.17) is 9.47 Å². The number of rotatable bonds is 4. The minimum atomic E-state index is -1.16. The maximum atomic E-state index is 12.4. The monoisotopic (exact) mass is 292 g/mol. The predicted molar refractivity (Wildman–Crippen MR) is 79.4 cm³/mol. The van der Waals surface area contributed by atoms with E-state index in [1.165, 1.54) is 11.1 Å². The molecule has 1 saturated carbocycles. The lowest BCUT2D eigenvalue weighted by Gasteiger charge is -2.24. The molecule has 1 fully saturated rings. The fourth-order valence-corrected chi connectivity index (χ4v) is 3.31. The molecule has 2 rings (SSSR count). The van der Waals surface area contributed by atoms with Gasteiger partial charge in [0.05, 0.1) is 13.2 Å². The van der Waals surface area contributed by atoms with Crippen molar-refractivity contribution in [2.75, 3.05) is 13.2 Å². The molecule has 0 aromatic rings. The van der Waals surface area contributed by atoms with Gasteiger partial charge in [-0.2, -0.15) is 0 Å². The van der Waals surface area contributed by atoms with Crippen LogP contribution in [0.4, 0.5) is 0 Å². The van der Waals surface area contributed by atoms with Gasteiger partial charge in [-0.1, -0.05) is 30.2 Å². The Bertz CT molecular complexity index is 483. The zero-order chi connectivity index (χ0) is 15.6. The molecule has 0 bridgehead atoms. The van der Waals surface area contributed by atoms with Crippen LogP contribution in [0.1, 0.15) is 40.5 Å². The number of hydrogen-bond donors (Lipinski definition) is 0. The molecule has 4 nitrogen and oxygen atoms in total. The number of esters is 2. The molecular weight excluding hydrogens is 268 g/mol. The van der Waals surface area contributed by atoms with E-state index in [1.807, 2.05) is 0 Å². The van der Waals surface area contributed by atoms with E-state index in [0.29, 0.717) is 18.8 Å². The summed E-state index contributed by atoms with van der Waals surface area (Å²) in [5, 5.41) is 0. The quantitative estimate of drug-likeness (QED) is 0.454. The normalized spacial score (nSPS) is 26.5. The smallest absolute Gasteiger partial charge is 0.323 e. The summed E-state index contributed by atoms with van der Waals surface area (Å²) in [6.45, 7) is 8.27. The molecule has 0 aromatic heterocycles. The van der Waals surface area contributed by atoms with Crippen LogP contribution in [0.5, 0.6) is 0 Å². The molecule has 0 saturated heterocycles. The molecule has 21 heavy (non-hydrogen) atoms. The van der Waals surface area contributed by atoms with Crippen LogP contribution >= 0.6 is 0 Å². The van der Waals surface area contributed by atoms with Gasteiger partial charge in [-0.15, -0.1) is 0 Å². The average Bonchev–Trinajstić information content (AvgIpc) is 2.85. The molecular formula is C17H24O4. The van der Waals surface area contributed by atoms with Gasteiger partial charge in [-0.25, -0.2) is 0 Å². The summed E-state index contributed by atoms with van der Waals surface area (Å²) < 4.78 is 10.4. The number of ether oxygens (including phenoxy) is 2. The Balaban J connectivity index is 2.38. The van der Waals surface area contributed by atoms with Crippen LogP contribution in [0.25, 0.3) is 0 Å². The first-order chi connectivity index (χ1) is 9.96. The maximum absolute atomic E-state index is 12.4. The molecule has 2 atom stereocenters. The molecule has 0 N–H and O–H groups in total. The van der Waals surface area contributed by atoms with Gasteiger partial charge in [0, 0.05) is 0 Å². The number of fused-ring (bicyclic) bond motifs is 1. The lowest BCUT2D eigenvalue weighted by molar-refractivity contribution is -0.171. The predicted octanol–water partition coefficient (Wildman–Crippen LogP) is 3.03. The van der Waals surface area contributed by atoms with Gasteiger partial charge in [0.25, 0.3) is 0 Å². The zero-order valence-electron chi connectivity index (χ0n) is 13.3. The van der Waals surface area contributed by atoms with Gasteiger partial charge in [0.1, 0.15) is 0 Å². The minimum absolute atomic E-state index is 0.148. The summed E-state index contributed by atoms with van der Waals surface area (Å²) in [7, 11) is 0. The standard InChI is InChI=1S/C17H24O4/c1-5-20-15(18)17(16(19)21-6-2)9-13-8-7-11(3)12(4)14(13)10-17/h7-8,11,13H,5-6,9-10H2,1-4H3/t11-,13-/m1/s1. The van der Waals surface area contributed by atoms with Gasteiger partial charge in [-0.05, 0) is 45.4 Å². The molecule has 0 radical (unpaired) electrons. The van der Waals surface area contributed by atoms with Crippen molar-refractivity contribution < 1.29 is 19.1 Å². The molecule has 0 heterocycles. The Morgan fingerprint density at radius 3 is 2.29 bits per heavy atom. The highest BCUT2D eigenvalue weighted by Gasteiger charge is 2.56. The highest BCUT2D eigenvalue weighted by atomic mass is 16.6. The lowest BCUT2D eigenvalue weighted by Crippen LogP contribution is -2.40. The molecule has 0 spiro atoms. The first-order valence-corrected chi connectivity index (χ1v) is 7.68. The van der Waals surface area contributed by atoms with Crippen molar-refractivity contribution in [2.24, 2.45) is 17.3 Å². The van der Waals surface area contributed by atoms with Crippen LogP contribution in [-0.2, 0) is 19.1 Å². The zero-order valence-corrected chi connectivity index (χ0v) is 13.3. The van der Waals surface area contributed by atoms with E-state index in [2.05, 4.69) is 26.0 Å².